The van der Waals surface area contributed by atoms with Gasteiger partial charge in [0.1, 0.15) is 6.61 Å². The molecule has 0 bridgehead atoms. The lowest BCUT2D eigenvalue weighted by Gasteiger charge is -1.97. The number of carbonyl (C=O) groups excluding carboxylic acids is 1. The van der Waals surface area contributed by atoms with E-state index in [2.05, 4.69) is 10.1 Å². The van der Waals surface area contributed by atoms with Gasteiger partial charge in [0, 0.05) is 22.7 Å². The Kier molecular flexibility index (Phi) is 4.35. The van der Waals surface area contributed by atoms with Crippen molar-refractivity contribution in [1.82, 2.24) is 14.6 Å². The summed E-state index contributed by atoms with van der Waals surface area (Å²) in [7, 11) is 0. The molecule has 0 aliphatic rings. The third-order valence-electron chi connectivity index (χ3n) is 3.03. The van der Waals surface area contributed by atoms with Crippen LogP contribution < -0.4 is 5.56 Å². The third kappa shape index (κ3) is 3.54. The fourth-order valence-corrected chi connectivity index (χ4v) is 3.58. The van der Waals surface area contributed by atoms with Crippen molar-refractivity contribution in [2.45, 2.75) is 20.5 Å². The molecule has 6 nitrogen and oxygen atoms in total. The summed E-state index contributed by atoms with van der Waals surface area (Å²) in [5, 5.41) is 6.60. The second-order valence-corrected chi connectivity index (χ2v) is 6.82. The summed E-state index contributed by atoms with van der Waals surface area (Å²) in [6, 6.07) is 3.40. The van der Waals surface area contributed by atoms with Crippen LogP contribution in [0.4, 0.5) is 0 Å². The predicted octanol–water partition coefficient (Wildman–Crippen LogP) is 2.59. The number of carbonyl (C=O) groups is 1. The van der Waals surface area contributed by atoms with E-state index in [4.69, 9.17) is 4.74 Å². The molecule has 8 heteroatoms. The fourth-order valence-electron chi connectivity index (χ4n) is 1.90. The van der Waals surface area contributed by atoms with Crippen LogP contribution in [0.3, 0.4) is 0 Å². The Hall–Kier alpha value is -2.32. The van der Waals surface area contributed by atoms with E-state index in [-0.39, 0.29) is 12.2 Å². The number of nitrogens with zero attached hydrogens (tertiary/aromatic N) is 3. The van der Waals surface area contributed by atoms with Crippen molar-refractivity contribution in [3.8, 4) is 0 Å². The number of hydrogen-bond acceptors (Lipinski definition) is 7. The maximum Gasteiger partial charge on any atom is 0.331 e. The highest BCUT2D eigenvalue weighted by Gasteiger charge is 2.09. The van der Waals surface area contributed by atoms with Crippen molar-refractivity contribution in [2.75, 3.05) is 0 Å². The molecule has 0 N–H and O–H groups in total. The smallest absolute Gasteiger partial charge is 0.331 e. The first-order chi connectivity index (χ1) is 11.0. The molecule has 3 heterocycles. The quantitative estimate of drug-likeness (QED) is 0.536. The lowest BCUT2D eigenvalue weighted by atomic mass is 10.3. The van der Waals surface area contributed by atoms with Gasteiger partial charge in [0.15, 0.2) is 5.01 Å². The predicted molar refractivity (Wildman–Crippen MR) is 89.8 cm³/mol. The second kappa shape index (κ2) is 6.43. The van der Waals surface area contributed by atoms with Crippen molar-refractivity contribution < 1.29 is 9.53 Å². The van der Waals surface area contributed by atoms with Gasteiger partial charge in [-0.3, -0.25) is 4.79 Å². The standard InChI is InChI=1S/C15H13N3O3S2/c1-9-5-6-22-11(9)3-4-14(20)21-8-12-17-18-13(19)7-10(2)16-15(18)23-12/h3-7H,8H2,1-2H3/b4-3+. The Bertz CT molecular complexity index is 952. The number of thiophene rings is 1. The Balaban J connectivity index is 1.67. The molecule has 0 unspecified atom stereocenters. The average molecular weight is 347 g/mol. The number of hydrogen-bond donors (Lipinski definition) is 0. The zero-order valence-electron chi connectivity index (χ0n) is 12.5. The first-order valence-corrected chi connectivity index (χ1v) is 8.48. The van der Waals surface area contributed by atoms with E-state index in [1.54, 1.807) is 24.3 Å². The minimum Gasteiger partial charge on any atom is -0.455 e. The van der Waals surface area contributed by atoms with E-state index in [0.29, 0.717) is 15.7 Å². The molecule has 0 aliphatic carbocycles. The molecule has 0 atom stereocenters. The van der Waals surface area contributed by atoms with Gasteiger partial charge >= 0.3 is 5.97 Å². The zero-order valence-corrected chi connectivity index (χ0v) is 14.1. The lowest BCUT2D eigenvalue weighted by Crippen LogP contribution is -2.14. The van der Waals surface area contributed by atoms with E-state index in [9.17, 15) is 9.59 Å². The van der Waals surface area contributed by atoms with E-state index in [1.165, 1.54) is 28.0 Å². The van der Waals surface area contributed by atoms with Crippen LogP contribution in [0.25, 0.3) is 11.0 Å². The number of esters is 1. The van der Waals surface area contributed by atoms with Crippen molar-refractivity contribution in [2.24, 2.45) is 0 Å². The molecular weight excluding hydrogens is 334 g/mol. The minimum absolute atomic E-state index is 0.0130. The van der Waals surface area contributed by atoms with Crippen LogP contribution in [-0.4, -0.2) is 20.6 Å². The fraction of sp³-hybridized carbons (Fsp3) is 0.200. The highest BCUT2D eigenvalue weighted by Crippen LogP contribution is 2.17. The Morgan fingerprint density at radius 1 is 1.43 bits per heavy atom. The van der Waals surface area contributed by atoms with Gasteiger partial charge < -0.3 is 4.74 Å². The molecule has 23 heavy (non-hydrogen) atoms. The van der Waals surface area contributed by atoms with Gasteiger partial charge in [0.25, 0.3) is 5.56 Å². The van der Waals surface area contributed by atoms with Gasteiger partial charge in [-0.1, -0.05) is 11.3 Å². The highest BCUT2D eigenvalue weighted by atomic mass is 32.1. The van der Waals surface area contributed by atoms with Gasteiger partial charge in [0.05, 0.1) is 0 Å². The normalized spacial score (nSPS) is 11.4. The number of ether oxygens (including phenoxy) is 1. The molecule has 3 aromatic rings. The van der Waals surface area contributed by atoms with E-state index in [0.717, 1.165) is 10.4 Å². The maximum absolute atomic E-state index is 11.8. The number of aryl methyl sites for hydroxylation is 2. The molecule has 0 saturated heterocycles. The first kappa shape index (κ1) is 15.6. The van der Waals surface area contributed by atoms with Crippen LogP contribution in [0.5, 0.6) is 0 Å². The van der Waals surface area contributed by atoms with E-state index in [1.807, 2.05) is 18.4 Å². The molecular formula is C15H13N3O3S2. The van der Waals surface area contributed by atoms with Gasteiger partial charge in [-0.15, -0.1) is 11.3 Å². The first-order valence-electron chi connectivity index (χ1n) is 6.78. The monoisotopic (exact) mass is 347 g/mol. The van der Waals surface area contributed by atoms with Gasteiger partial charge in [-0.25, -0.2) is 9.78 Å². The second-order valence-electron chi connectivity index (χ2n) is 4.83. The molecule has 0 aromatic carbocycles. The zero-order chi connectivity index (χ0) is 16.4. The van der Waals surface area contributed by atoms with Crippen molar-refractivity contribution in [3.63, 3.8) is 0 Å². The summed E-state index contributed by atoms with van der Waals surface area (Å²) >= 11 is 2.79. The Morgan fingerprint density at radius 2 is 2.26 bits per heavy atom. The van der Waals surface area contributed by atoms with Gasteiger partial charge in [-0.05, 0) is 36.9 Å². The topological polar surface area (TPSA) is 73.6 Å². The largest absolute Gasteiger partial charge is 0.455 e. The van der Waals surface area contributed by atoms with E-state index < -0.39 is 5.97 Å². The molecule has 0 aliphatic heterocycles. The number of aromatic nitrogens is 3. The van der Waals surface area contributed by atoms with Gasteiger partial charge in [-0.2, -0.15) is 9.61 Å². The minimum atomic E-state index is -0.450. The summed E-state index contributed by atoms with van der Waals surface area (Å²) in [6.07, 6.45) is 3.12. The van der Waals surface area contributed by atoms with Crippen LogP contribution in [0, 0.1) is 13.8 Å². The molecule has 3 rings (SSSR count). The maximum atomic E-state index is 11.8. The SMILES string of the molecule is Cc1cc(=O)n2nc(COC(=O)/C=C/c3sccc3C)sc2n1. The van der Waals surface area contributed by atoms with Crippen LogP contribution >= 0.6 is 22.7 Å². The summed E-state index contributed by atoms with van der Waals surface area (Å²) < 4.78 is 6.36. The molecule has 118 valence electrons. The molecule has 0 spiro atoms. The average Bonchev–Trinajstić information content (AvgIpc) is 3.09. The van der Waals surface area contributed by atoms with Crippen LogP contribution in [0.2, 0.25) is 0 Å². The lowest BCUT2D eigenvalue weighted by molar-refractivity contribution is -0.138. The summed E-state index contributed by atoms with van der Waals surface area (Å²) in [5.74, 6) is -0.450. The third-order valence-corrected chi connectivity index (χ3v) is 4.89. The molecule has 0 amide bonds. The summed E-state index contributed by atoms with van der Waals surface area (Å²) in [6.45, 7) is 3.74. The van der Waals surface area contributed by atoms with E-state index >= 15 is 0 Å². The van der Waals surface area contributed by atoms with Gasteiger partial charge in [0.2, 0.25) is 4.96 Å². The van der Waals surface area contributed by atoms with Crippen LogP contribution in [0.15, 0.2) is 28.4 Å². The molecule has 3 aromatic heterocycles. The van der Waals surface area contributed by atoms with Crippen LogP contribution in [-0.2, 0) is 16.1 Å². The van der Waals surface area contributed by atoms with Crippen LogP contribution in [0.1, 0.15) is 21.1 Å². The Morgan fingerprint density at radius 3 is 3.00 bits per heavy atom. The van der Waals surface area contributed by atoms with Crippen molar-refractivity contribution in [1.29, 1.82) is 0 Å². The Labute approximate surface area is 139 Å². The number of rotatable bonds is 4. The highest BCUT2D eigenvalue weighted by molar-refractivity contribution is 7.16. The van der Waals surface area contributed by atoms with Crippen molar-refractivity contribution in [3.05, 3.63) is 55.1 Å². The summed E-state index contributed by atoms with van der Waals surface area (Å²) in [4.78, 5) is 29.3. The summed E-state index contributed by atoms with van der Waals surface area (Å²) in [5.41, 5.74) is 1.51. The molecule has 0 fully saturated rings. The number of fused-ring (bicyclic) bond motifs is 1. The molecule has 0 radical (unpaired) electrons. The van der Waals surface area contributed by atoms with Crippen molar-refractivity contribution >= 4 is 39.7 Å². The molecule has 0 saturated carbocycles.